The van der Waals surface area contributed by atoms with E-state index in [9.17, 15) is 24.9 Å². The minimum absolute atomic E-state index is 0.0485. The molecule has 0 bridgehead atoms. The number of carbonyl (C=O) groups excluding carboxylic acids is 1. The van der Waals surface area contributed by atoms with Gasteiger partial charge in [-0.25, -0.2) is 9.59 Å². The van der Waals surface area contributed by atoms with Gasteiger partial charge in [-0.15, -0.1) is 0 Å². The van der Waals surface area contributed by atoms with Gasteiger partial charge < -0.3 is 25.4 Å². The summed E-state index contributed by atoms with van der Waals surface area (Å²) in [6.07, 6.45) is -2.94. The predicted molar refractivity (Wildman–Crippen MR) is 140 cm³/mol. The van der Waals surface area contributed by atoms with E-state index in [2.05, 4.69) is 17.4 Å². The molecule has 0 heterocycles. The monoisotopic (exact) mass is 497 g/mol. The SMILES string of the molecule is O=C(NCCC(O)C(O)c1cccc2c(C(=O)O)cccc12)OCC1c2ccccc2-c2ccccc21. The third kappa shape index (κ3) is 4.79. The molecule has 4 N–H and O–H groups in total. The Labute approximate surface area is 214 Å². The van der Waals surface area contributed by atoms with Crippen molar-refractivity contribution in [2.75, 3.05) is 13.2 Å². The minimum atomic E-state index is -1.25. The third-order valence-corrected chi connectivity index (χ3v) is 6.92. The van der Waals surface area contributed by atoms with Crippen molar-refractivity contribution >= 4 is 22.8 Å². The highest BCUT2D eigenvalue weighted by Crippen LogP contribution is 2.44. The maximum absolute atomic E-state index is 12.4. The lowest BCUT2D eigenvalue weighted by atomic mass is 9.94. The molecule has 0 saturated heterocycles. The number of rotatable bonds is 8. The van der Waals surface area contributed by atoms with Crippen LogP contribution in [0.15, 0.2) is 84.9 Å². The number of carboxylic acid groups (broad SMARTS) is 1. The zero-order valence-corrected chi connectivity index (χ0v) is 20.0. The second kappa shape index (κ2) is 10.4. The van der Waals surface area contributed by atoms with Gasteiger partial charge in [-0.2, -0.15) is 0 Å². The van der Waals surface area contributed by atoms with E-state index in [1.165, 1.54) is 6.07 Å². The van der Waals surface area contributed by atoms with E-state index in [1.807, 2.05) is 36.4 Å². The van der Waals surface area contributed by atoms with Gasteiger partial charge in [0.1, 0.15) is 12.7 Å². The van der Waals surface area contributed by atoms with Crippen LogP contribution in [0.2, 0.25) is 0 Å². The molecule has 1 amide bonds. The van der Waals surface area contributed by atoms with Gasteiger partial charge in [-0.1, -0.05) is 78.9 Å². The average Bonchev–Trinajstić information content (AvgIpc) is 3.24. The first-order chi connectivity index (χ1) is 18.0. The van der Waals surface area contributed by atoms with Crippen LogP contribution >= 0.6 is 0 Å². The van der Waals surface area contributed by atoms with Crippen LogP contribution in [0.25, 0.3) is 21.9 Å². The highest BCUT2D eigenvalue weighted by atomic mass is 16.5. The number of alkyl carbamates (subject to hydrolysis) is 1. The molecule has 4 aromatic carbocycles. The number of ether oxygens (including phenoxy) is 1. The van der Waals surface area contributed by atoms with Gasteiger partial charge in [0.25, 0.3) is 0 Å². The smallest absolute Gasteiger partial charge is 0.407 e. The molecule has 2 unspecified atom stereocenters. The van der Waals surface area contributed by atoms with Gasteiger partial charge in [0, 0.05) is 12.5 Å². The Morgan fingerprint density at radius 2 is 1.43 bits per heavy atom. The third-order valence-electron chi connectivity index (χ3n) is 6.92. The lowest BCUT2D eigenvalue weighted by Crippen LogP contribution is -2.30. The van der Waals surface area contributed by atoms with E-state index in [-0.39, 0.29) is 31.1 Å². The molecule has 37 heavy (non-hydrogen) atoms. The van der Waals surface area contributed by atoms with E-state index < -0.39 is 24.3 Å². The first kappa shape index (κ1) is 24.5. The first-order valence-electron chi connectivity index (χ1n) is 12.2. The quantitative estimate of drug-likeness (QED) is 0.276. The number of benzene rings is 4. The van der Waals surface area contributed by atoms with E-state index in [1.54, 1.807) is 30.3 Å². The van der Waals surface area contributed by atoms with Gasteiger partial charge in [0.2, 0.25) is 0 Å². The van der Waals surface area contributed by atoms with Crippen molar-refractivity contribution in [2.45, 2.75) is 24.5 Å². The molecular formula is C30H27NO6. The number of carboxylic acids is 1. The van der Waals surface area contributed by atoms with Gasteiger partial charge in [0.15, 0.2) is 0 Å². The number of aliphatic hydroxyl groups excluding tert-OH is 2. The number of aliphatic hydroxyl groups is 2. The normalized spacial score (nSPS) is 14.0. The molecule has 1 aliphatic carbocycles. The van der Waals surface area contributed by atoms with Crippen LogP contribution in [-0.2, 0) is 4.74 Å². The average molecular weight is 498 g/mol. The van der Waals surface area contributed by atoms with Crippen molar-refractivity contribution in [2.24, 2.45) is 0 Å². The van der Waals surface area contributed by atoms with Gasteiger partial charge in [0.05, 0.1) is 11.7 Å². The van der Waals surface area contributed by atoms with E-state index in [0.717, 1.165) is 22.3 Å². The fraction of sp³-hybridized carbons (Fsp3) is 0.200. The number of nitrogens with one attached hydrogen (secondary N) is 1. The molecule has 0 aromatic heterocycles. The summed E-state index contributed by atoms with van der Waals surface area (Å²) in [6, 6.07) is 26.0. The standard InChI is InChI=1S/C30H27NO6/c32-27(28(33)24-13-5-12-21-20(24)11-6-14-25(21)29(34)35)15-16-31-30(36)37-17-26-22-9-3-1-7-18(22)19-8-2-4-10-23(19)26/h1-14,26-28,32-33H,15-17H2,(H,31,36)(H,34,35). The van der Waals surface area contributed by atoms with Crippen molar-refractivity contribution in [1.29, 1.82) is 0 Å². The zero-order chi connectivity index (χ0) is 25.9. The highest BCUT2D eigenvalue weighted by molar-refractivity contribution is 6.04. The molecule has 7 nitrogen and oxygen atoms in total. The molecule has 4 aromatic rings. The summed E-state index contributed by atoms with van der Waals surface area (Å²) in [5, 5.41) is 34.5. The van der Waals surface area contributed by atoms with Crippen LogP contribution in [0.1, 0.15) is 45.5 Å². The Balaban J connectivity index is 1.17. The topological polar surface area (TPSA) is 116 Å². The minimum Gasteiger partial charge on any atom is -0.478 e. The van der Waals surface area contributed by atoms with Gasteiger partial charge >= 0.3 is 12.1 Å². The van der Waals surface area contributed by atoms with Crippen LogP contribution in [0.3, 0.4) is 0 Å². The Morgan fingerprint density at radius 1 is 0.811 bits per heavy atom. The Bertz CT molecular complexity index is 1420. The maximum atomic E-state index is 12.4. The van der Waals surface area contributed by atoms with Crippen molar-refractivity contribution in [3.63, 3.8) is 0 Å². The number of hydrogen-bond donors (Lipinski definition) is 4. The van der Waals surface area contributed by atoms with E-state index >= 15 is 0 Å². The first-order valence-corrected chi connectivity index (χ1v) is 12.2. The van der Waals surface area contributed by atoms with Crippen LogP contribution in [0.5, 0.6) is 0 Å². The van der Waals surface area contributed by atoms with Crippen LogP contribution in [-0.4, -0.2) is 46.6 Å². The summed E-state index contributed by atoms with van der Waals surface area (Å²) < 4.78 is 5.51. The summed E-state index contributed by atoms with van der Waals surface area (Å²) in [5.41, 5.74) is 5.08. The van der Waals surface area contributed by atoms with Gasteiger partial charge in [-0.3, -0.25) is 0 Å². The molecule has 7 heteroatoms. The lowest BCUT2D eigenvalue weighted by Gasteiger charge is -2.20. The Morgan fingerprint density at radius 3 is 2.11 bits per heavy atom. The molecule has 0 saturated carbocycles. The maximum Gasteiger partial charge on any atom is 0.407 e. The van der Waals surface area contributed by atoms with Crippen molar-refractivity contribution in [3.8, 4) is 11.1 Å². The Hall–Kier alpha value is -4.20. The summed E-state index contributed by atoms with van der Waals surface area (Å²) in [7, 11) is 0. The molecule has 188 valence electrons. The molecule has 0 aliphatic heterocycles. The van der Waals surface area contributed by atoms with Crippen LogP contribution in [0.4, 0.5) is 4.79 Å². The molecule has 5 rings (SSSR count). The summed E-state index contributed by atoms with van der Waals surface area (Å²) in [4.78, 5) is 23.9. The van der Waals surface area contributed by atoms with E-state index in [4.69, 9.17) is 4.74 Å². The highest BCUT2D eigenvalue weighted by Gasteiger charge is 2.29. The largest absolute Gasteiger partial charge is 0.478 e. The predicted octanol–water partition coefficient (Wildman–Crippen LogP) is 4.86. The number of aromatic carboxylic acids is 1. The summed E-state index contributed by atoms with van der Waals surface area (Å²) in [6.45, 7) is 0.285. The summed E-state index contributed by atoms with van der Waals surface area (Å²) in [5.74, 6) is -1.11. The van der Waals surface area contributed by atoms with E-state index in [0.29, 0.717) is 16.3 Å². The van der Waals surface area contributed by atoms with Crippen molar-refractivity contribution in [3.05, 3.63) is 107 Å². The number of hydrogen-bond acceptors (Lipinski definition) is 5. The fourth-order valence-electron chi connectivity index (χ4n) is 5.12. The molecule has 0 radical (unpaired) electrons. The molecular weight excluding hydrogens is 470 g/mol. The lowest BCUT2D eigenvalue weighted by molar-refractivity contribution is 0.0145. The van der Waals surface area contributed by atoms with Gasteiger partial charge in [-0.05, 0) is 51.1 Å². The Kier molecular flexibility index (Phi) is 6.90. The molecule has 1 aliphatic rings. The second-order valence-electron chi connectivity index (χ2n) is 9.11. The molecule has 2 atom stereocenters. The molecule has 0 spiro atoms. The van der Waals surface area contributed by atoms with Crippen molar-refractivity contribution in [1.82, 2.24) is 5.32 Å². The van der Waals surface area contributed by atoms with Crippen LogP contribution < -0.4 is 5.32 Å². The van der Waals surface area contributed by atoms with Crippen LogP contribution in [0, 0.1) is 0 Å². The number of fused-ring (bicyclic) bond motifs is 4. The summed E-state index contributed by atoms with van der Waals surface area (Å²) >= 11 is 0. The molecule has 0 fully saturated rings. The number of carbonyl (C=O) groups is 2. The number of amides is 1. The second-order valence-corrected chi connectivity index (χ2v) is 9.11. The fourth-order valence-corrected chi connectivity index (χ4v) is 5.12. The zero-order valence-electron chi connectivity index (χ0n) is 20.0. The van der Waals surface area contributed by atoms with Crippen molar-refractivity contribution < 1.29 is 29.6 Å².